The molecule has 35 heavy (non-hydrogen) atoms. The van der Waals surface area contributed by atoms with Crippen LogP contribution in [-0.4, -0.2) is 28.9 Å². The molecule has 1 aliphatic rings. The van der Waals surface area contributed by atoms with Crippen LogP contribution in [0, 0.1) is 6.92 Å². The Morgan fingerprint density at radius 1 is 1.03 bits per heavy atom. The van der Waals surface area contributed by atoms with Crippen LogP contribution < -0.4 is 10.3 Å². The lowest BCUT2D eigenvalue weighted by Gasteiger charge is -2.14. The maximum absolute atomic E-state index is 12.8. The molecule has 1 aliphatic carbocycles. The molecule has 3 aromatic carbocycles. The molecule has 0 N–H and O–H groups in total. The predicted octanol–water partition coefficient (Wildman–Crippen LogP) is 6.43. The molecule has 1 fully saturated rings. The van der Waals surface area contributed by atoms with Gasteiger partial charge in [-0.15, -0.1) is 0 Å². The average molecular weight is 487 g/mol. The zero-order chi connectivity index (χ0) is 24.5. The zero-order valence-electron chi connectivity index (χ0n) is 20.4. The van der Waals surface area contributed by atoms with Crippen molar-refractivity contribution < 1.29 is 9.53 Å². The fraction of sp³-hybridized carbons (Fsp3) is 0.310. The Kier molecular flexibility index (Phi) is 6.48. The fourth-order valence-corrected chi connectivity index (χ4v) is 5.95. The summed E-state index contributed by atoms with van der Waals surface area (Å²) in [7, 11) is 3.54. The van der Waals surface area contributed by atoms with E-state index in [9.17, 15) is 9.59 Å². The van der Waals surface area contributed by atoms with Crippen molar-refractivity contribution >= 4 is 27.5 Å². The number of aryl methyl sites for hydroxylation is 1. The van der Waals surface area contributed by atoms with Crippen LogP contribution in [0.25, 0.3) is 21.2 Å². The van der Waals surface area contributed by atoms with Crippen molar-refractivity contribution in [1.82, 2.24) is 8.86 Å². The summed E-state index contributed by atoms with van der Waals surface area (Å²) in [5, 5.41) is 0.777. The van der Waals surface area contributed by atoms with Gasteiger partial charge in [-0.1, -0.05) is 54.7 Å². The lowest BCUT2D eigenvalue weighted by Crippen LogP contribution is -2.22. The van der Waals surface area contributed by atoms with E-state index < -0.39 is 0 Å². The molecule has 0 aliphatic heterocycles. The maximum Gasteiger partial charge on any atom is 0.268 e. The minimum Gasteiger partial charge on any atom is -0.489 e. The number of rotatable bonds is 6. The molecule has 0 atom stereocenters. The molecule has 1 saturated carbocycles. The van der Waals surface area contributed by atoms with Crippen LogP contribution >= 0.6 is 11.5 Å². The third-order valence-electron chi connectivity index (χ3n) is 6.78. The summed E-state index contributed by atoms with van der Waals surface area (Å²) in [5.41, 5.74) is 4.89. The van der Waals surface area contributed by atoms with Crippen molar-refractivity contribution in [2.24, 2.45) is 0 Å². The molecule has 5 nitrogen and oxygen atoms in total. The molecule has 1 aromatic heterocycles. The number of aromatic nitrogens is 1. The molecule has 0 radical (unpaired) electrons. The quantitative estimate of drug-likeness (QED) is 0.315. The number of ether oxygens (including phenoxy) is 1. The third kappa shape index (κ3) is 4.76. The van der Waals surface area contributed by atoms with Crippen molar-refractivity contribution in [3.05, 3.63) is 87.7 Å². The molecule has 0 unspecified atom stereocenters. The Bertz CT molecular complexity index is 1440. The lowest BCUT2D eigenvalue weighted by molar-refractivity contribution is 0.0827. The summed E-state index contributed by atoms with van der Waals surface area (Å²) < 4.78 is 9.05. The van der Waals surface area contributed by atoms with Crippen molar-refractivity contribution in [1.29, 1.82) is 0 Å². The SMILES string of the molecule is Cc1ccc(-c2cccc(COc3ccc4c(=O)n(C5CCCC5)sc4c3)c2)cc1C(=O)N(C)C. The Hall–Kier alpha value is -3.38. The van der Waals surface area contributed by atoms with Gasteiger partial charge in [0.15, 0.2) is 0 Å². The van der Waals surface area contributed by atoms with Crippen molar-refractivity contribution in [3.63, 3.8) is 0 Å². The summed E-state index contributed by atoms with van der Waals surface area (Å²) in [6.45, 7) is 2.38. The average Bonchev–Trinajstić information content (AvgIpc) is 3.51. The second kappa shape index (κ2) is 9.70. The number of fused-ring (bicyclic) bond motifs is 1. The van der Waals surface area contributed by atoms with Gasteiger partial charge < -0.3 is 9.64 Å². The highest BCUT2D eigenvalue weighted by Gasteiger charge is 2.21. The zero-order valence-corrected chi connectivity index (χ0v) is 21.2. The van der Waals surface area contributed by atoms with E-state index >= 15 is 0 Å². The molecular formula is C29H30N2O3S. The first kappa shape index (κ1) is 23.4. The van der Waals surface area contributed by atoms with Gasteiger partial charge in [0.1, 0.15) is 12.4 Å². The smallest absolute Gasteiger partial charge is 0.268 e. The lowest BCUT2D eigenvalue weighted by atomic mass is 9.98. The van der Waals surface area contributed by atoms with E-state index in [1.807, 2.05) is 65.5 Å². The topological polar surface area (TPSA) is 51.5 Å². The predicted molar refractivity (Wildman–Crippen MR) is 143 cm³/mol. The van der Waals surface area contributed by atoms with E-state index in [4.69, 9.17) is 4.74 Å². The molecule has 1 heterocycles. The second-order valence-corrected chi connectivity index (χ2v) is 10.6. The number of carbonyl (C=O) groups excluding carboxylic acids is 1. The van der Waals surface area contributed by atoms with Gasteiger partial charge in [0.05, 0.1) is 10.1 Å². The van der Waals surface area contributed by atoms with E-state index in [2.05, 4.69) is 6.07 Å². The summed E-state index contributed by atoms with van der Waals surface area (Å²) in [6, 6.07) is 20.3. The number of hydrogen-bond acceptors (Lipinski definition) is 4. The van der Waals surface area contributed by atoms with Crippen LogP contribution in [0.5, 0.6) is 5.75 Å². The van der Waals surface area contributed by atoms with Gasteiger partial charge in [-0.05, 0) is 72.4 Å². The van der Waals surface area contributed by atoms with E-state index in [1.165, 1.54) is 12.8 Å². The van der Waals surface area contributed by atoms with E-state index in [0.717, 1.165) is 50.9 Å². The highest BCUT2D eigenvalue weighted by molar-refractivity contribution is 7.13. The number of hydrogen-bond donors (Lipinski definition) is 0. The van der Waals surface area contributed by atoms with Gasteiger partial charge in [0.2, 0.25) is 0 Å². The largest absolute Gasteiger partial charge is 0.489 e. The Morgan fingerprint density at radius 3 is 2.57 bits per heavy atom. The van der Waals surface area contributed by atoms with Gasteiger partial charge in [0, 0.05) is 25.7 Å². The molecule has 1 amide bonds. The van der Waals surface area contributed by atoms with Crippen molar-refractivity contribution in [2.75, 3.05) is 14.1 Å². The Balaban J connectivity index is 1.34. The normalized spacial score (nSPS) is 13.9. The molecular weight excluding hydrogens is 456 g/mol. The molecule has 180 valence electrons. The molecule has 5 rings (SSSR count). The van der Waals surface area contributed by atoms with Crippen LogP contribution in [-0.2, 0) is 6.61 Å². The summed E-state index contributed by atoms with van der Waals surface area (Å²) in [4.78, 5) is 27.0. The summed E-state index contributed by atoms with van der Waals surface area (Å²) in [6.07, 6.45) is 4.60. The Labute approximate surface area is 209 Å². The first-order valence-electron chi connectivity index (χ1n) is 12.1. The minimum absolute atomic E-state index is 0.00305. The number of amides is 1. The molecule has 0 spiro atoms. The van der Waals surface area contributed by atoms with Crippen molar-refractivity contribution in [2.45, 2.75) is 45.3 Å². The molecule has 0 saturated heterocycles. The maximum atomic E-state index is 12.8. The first-order valence-corrected chi connectivity index (χ1v) is 12.9. The summed E-state index contributed by atoms with van der Waals surface area (Å²) >= 11 is 1.56. The van der Waals surface area contributed by atoms with Gasteiger partial charge in [-0.2, -0.15) is 0 Å². The van der Waals surface area contributed by atoms with Gasteiger partial charge in [-0.25, -0.2) is 0 Å². The van der Waals surface area contributed by atoms with Crippen LogP contribution in [0.2, 0.25) is 0 Å². The highest BCUT2D eigenvalue weighted by Crippen LogP contribution is 2.33. The second-order valence-electron chi connectivity index (χ2n) is 9.54. The number of carbonyl (C=O) groups is 1. The van der Waals surface area contributed by atoms with E-state index in [1.54, 1.807) is 30.5 Å². The van der Waals surface area contributed by atoms with Crippen LogP contribution in [0.1, 0.15) is 53.2 Å². The van der Waals surface area contributed by atoms with Crippen LogP contribution in [0.15, 0.2) is 65.5 Å². The fourth-order valence-electron chi connectivity index (χ4n) is 4.77. The molecule has 6 heteroatoms. The standard InChI is InChI=1S/C29H30N2O3S/c1-19-11-12-22(16-26(19)28(32)30(2)3)21-8-6-7-20(15-21)18-34-24-13-14-25-27(17-24)35-31(29(25)33)23-9-4-5-10-23/h6-8,11-17,23H,4-5,9-10,18H2,1-3H3. The van der Waals surface area contributed by atoms with E-state index in [-0.39, 0.29) is 11.5 Å². The third-order valence-corrected chi connectivity index (χ3v) is 7.97. The Morgan fingerprint density at radius 2 is 1.80 bits per heavy atom. The highest BCUT2D eigenvalue weighted by atomic mass is 32.1. The van der Waals surface area contributed by atoms with Gasteiger partial charge >= 0.3 is 0 Å². The molecule has 0 bridgehead atoms. The van der Waals surface area contributed by atoms with Crippen LogP contribution in [0.3, 0.4) is 0 Å². The minimum atomic E-state index is 0.00305. The van der Waals surface area contributed by atoms with Crippen LogP contribution in [0.4, 0.5) is 0 Å². The van der Waals surface area contributed by atoms with Gasteiger partial charge in [0.25, 0.3) is 11.5 Å². The monoisotopic (exact) mass is 486 g/mol. The van der Waals surface area contributed by atoms with Gasteiger partial charge in [-0.3, -0.25) is 13.5 Å². The molecule has 4 aromatic rings. The van der Waals surface area contributed by atoms with E-state index in [0.29, 0.717) is 18.2 Å². The van der Waals surface area contributed by atoms with Crippen molar-refractivity contribution in [3.8, 4) is 16.9 Å². The number of nitrogens with zero attached hydrogens (tertiary/aromatic N) is 2. The summed E-state index contributed by atoms with van der Waals surface area (Å²) in [5.74, 6) is 0.764. The first-order chi connectivity index (χ1) is 16.9. The number of benzene rings is 3.